The monoisotopic (exact) mass is 321 g/mol. The molecule has 3 aliphatic rings. The van der Waals surface area contributed by atoms with Crippen molar-refractivity contribution in [3.63, 3.8) is 0 Å². The molecule has 2 saturated heterocycles. The summed E-state index contributed by atoms with van der Waals surface area (Å²) in [5.41, 5.74) is 0. The number of carbonyl (C=O) groups excluding carboxylic acids is 1. The molecule has 3 rings (SSSR count). The first-order valence-electron chi connectivity index (χ1n) is 9.80. The number of fused-ring (bicyclic) bond motifs is 1. The lowest BCUT2D eigenvalue weighted by Gasteiger charge is -2.36. The van der Waals surface area contributed by atoms with E-state index in [0.29, 0.717) is 6.04 Å². The van der Waals surface area contributed by atoms with Crippen LogP contribution in [0.15, 0.2) is 0 Å². The molecule has 2 aliphatic heterocycles. The van der Waals surface area contributed by atoms with Crippen LogP contribution in [0.1, 0.15) is 59.3 Å². The molecule has 2 N–H and O–H groups in total. The van der Waals surface area contributed by atoms with Gasteiger partial charge in [-0.25, -0.2) is 0 Å². The third-order valence-electron chi connectivity index (χ3n) is 6.04. The molecule has 0 aromatic heterocycles. The number of rotatable bonds is 4. The van der Waals surface area contributed by atoms with Crippen molar-refractivity contribution in [3.8, 4) is 0 Å². The molecule has 6 unspecified atom stereocenters. The van der Waals surface area contributed by atoms with E-state index in [9.17, 15) is 4.79 Å². The number of likely N-dealkylation sites (tertiary alicyclic amines) is 1. The van der Waals surface area contributed by atoms with Crippen LogP contribution in [-0.2, 0) is 4.79 Å². The molecule has 0 aromatic carbocycles. The summed E-state index contributed by atoms with van der Waals surface area (Å²) in [6.07, 6.45) is 7.62. The van der Waals surface area contributed by atoms with Gasteiger partial charge in [-0.15, -0.1) is 0 Å². The topological polar surface area (TPSA) is 44.4 Å². The van der Waals surface area contributed by atoms with Gasteiger partial charge in [0.25, 0.3) is 0 Å². The predicted octanol–water partition coefficient (Wildman–Crippen LogP) is 2.39. The van der Waals surface area contributed by atoms with E-state index in [1.807, 2.05) is 0 Å². The molecule has 4 nitrogen and oxygen atoms in total. The van der Waals surface area contributed by atoms with E-state index >= 15 is 0 Å². The molecule has 1 aliphatic carbocycles. The largest absolute Gasteiger partial charge is 0.351 e. The summed E-state index contributed by atoms with van der Waals surface area (Å²) in [5.74, 6) is 2.52. The quantitative estimate of drug-likeness (QED) is 0.836. The van der Waals surface area contributed by atoms with Crippen LogP contribution in [0.5, 0.6) is 0 Å². The van der Waals surface area contributed by atoms with Crippen molar-refractivity contribution in [2.24, 2.45) is 17.8 Å². The van der Waals surface area contributed by atoms with Gasteiger partial charge < -0.3 is 15.5 Å². The Morgan fingerprint density at radius 1 is 1.17 bits per heavy atom. The van der Waals surface area contributed by atoms with Gasteiger partial charge in [-0.3, -0.25) is 4.79 Å². The number of amides is 1. The molecule has 1 saturated carbocycles. The molecule has 0 bridgehead atoms. The van der Waals surface area contributed by atoms with Gasteiger partial charge in [0.1, 0.15) is 0 Å². The van der Waals surface area contributed by atoms with Crippen LogP contribution >= 0.6 is 0 Å². The minimum absolute atomic E-state index is 0.0461. The van der Waals surface area contributed by atoms with Gasteiger partial charge in [-0.1, -0.05) is 26.7 Å². The fraction of sp³-hybridized carbons (Fsp3) is 0.947. The first kappa shape index (κ1) is 17.2. The van der Waals surface area contributed by atoms with Crippen LogP contribution in [0, 0.1) is 17.8 Å². The Bertz CT molecular complexity index is 389. The molecular weight excluding hydrogens is 286 g/mol. The zero-order chi connectivity index (χ0) is 16.4. The Hall–Kier alpha value is -0.610. The molecule has 23 heavy (non-hydrogen) atoms. The normalized spacial score (nSPS) is 39.7. The van der Waals surface area contributed by atoms with E-state index in [4.69, 9.17) is 0 Å². The number of carbonyl (C=O) groups is 1. The molecule has 6 atom stereocenters. The highest BCUT2D eigenvalue weighted by Crippen LogP contribution is 2.33. The zero-order valence-corrected chi connectivity index (χ0v) is 15.2. The van der Waals surface area contributed by atoms with Crippen LogP contribution in [-0.4, -0.2) is 48.6 Å². The van der Waals surface area contributed by atoms with Crippen molar-refractivity contribution >= 4 is 5.91 Å². The van der Waals surface area contributed by atoms with Crippen LogP contribution < -0.4 is 10.6 Å². The highest BCUT2D eigenvalue weighted by molar-refractivity contribution is 5.82. The minimum Gasteiger partial charge on any atom is -0.351 e. The van der Waals surface area contributed by atoms with Crippen molar-refractivity contribution in [2.75, 3.05) is 19.6 Å². The molecular formula is C19H35N3O. The third kappa shape index (κ3) is 4.48. The van der Waals surface area contributed by atoms with Gasteiger partial charge in [0.2, 0.25) is 5.91 Å². The van der Waals surface area contributed by atoms with E-state index in [0.717, 1.165) is 30.7 Å². The Balaban J connectivity index is 1.44. The van der Waals surface area contributed by atoms with Crippen molar-refractivity contribution < 1.29 is 4.79 Å². The number of piperidine rings is 1. The van der Waals surface area contributed by atoms with Crippen LogP contribution in [0.2, 0.25) is 0 Å². The summed E-state index contributed by atoms with van der Waals surface area (Å²) in [4.78, 5) is 15.1. The van der Waals surface area contributed by atoms with E-state index in [1.165, 1.54) is 45.2 Å². The standard InChI is InChI=1S/C19H35N3O/c1-13-8-14(2)11-22(10-13)12-15(3)20-19(23)18-9-16-6-4-5-7-17(16)21-18/h13-18,21H,4-12H2,1-3H3,(H,20,23). The highest BCUT2D eigenvalue weighted by atomic mass is 16.2. The fourth-order valence-corrected chi connectivity index (χ4v) is 5.24. The molecule has 3 fully saturated rings. The lowest BCUT2D eigenvalue weighted by atomic mass is 9.85. The van der Waals surface area contributed by atoms with Crippen LogP contribution in [0.3, 0.4) is 0 Å². The van der Waals surface area contributed by atoms with E-state index in [2.05, 4.69) is 36.3 Å². The second kappa shape index (κ2) is 7.52. The van der Waals surface area contributed by atoms with Gasteiger partial charge in [-0.2, -0.15) is 0 Å². The fourth-order valence-electron chi connectivity index (χ4n) is 5.24. The Morgan fingerprint density at radius 3 is 2.57 bits per heavy atom. The summed E-state index contributed by atoms with van der Waals surface area (Å²) < 4.78 is 0. The molecule has 0 spiro atoms. The SMILES string of the molecule is CC1CC(C)CN(CC(C)NC(=O)C2CC3CCCCC3N2)C1. The van der Waals surface area contributed by atoms with Crippen molar-refractivity contribution in [2.45, 2.75) is 77.4 Å². The average molecular weight is 322 g/mol. The second-order valence-electron chi connectivity index (χ2n) is 8.68. The molecule has 2 heterocycles. The van der Waals surface area contributed by atoms with Crippen LogP contribution in [0.4, 0.5) is 0 Å². The van der Waals surface area contributed by atoms with Crippen molar-refractivity contribution in [1.29, 1.82) is 0 Å². The Morgan fingerprint density at radius 2 is 1.87 bits per heavy atom. The maximum absolute atomic E-state index is 12.6. The summed E-state index contributed by atoms with van der Waals surface area (Å²) in [6, 6.07) is 0.882. The first-order chi connectivity index (χ1) is 11.0. The van der Waals surface area contributed by atoms with Crippen LogP contribution in [0.25, 0.3) is 0 Å². The lowest BCUT2D eigenvalue weighted by Crippen LogP contribution is -2.51. The van der Waals surface area contributed by atoms with E-state index < -0.39 is 0 Å². The number of hydrogen-bond acceptors (Lipinski definition) is 3. The highest BCUT2D eigenvalue weighted by Gasteiger charge is 2.38. The van der Waals surface area contributed by atoms with Crippen molar-refractivity contribution in [1.82, 2.24) is 15.5 Å². The summed E-state index contributed by atoms with van der Waals surface area (Å²) in [7, 11) is 0. The van der Waals surface area contributed by atoms with Gasteiger partial charge in [0.05, 0.1) is 6.04 Å². The molecule has 1 amide bonds. The van der Waals surface area contributed by atoms with Gasteiger partial charge in [0, 0.05) is 31.7 Å². The summed E-state index contributed by atoms with van der Waals surface area (Å²) in [5, 5.41) is 6.86. The third-order valence-corrected chi connectivity index (χ3v) is 6.04. The maximum Gasteiger partial charge on any atom is 0.237 e. The van der Waals surface area contributed by atoms with E-state index in [-0.39, 0.29) is 18.0 Å². The van der Waals surface area contributed by atoms with Crippen molar-refractivity contribution in [3.05, 3.63) is 0 Å². The maximum atomic E-state index is 12.6. The number of nitrogens with one attached hydrogen (secondary N) is 2. The Kier molecular flexibility index (Phi) is 5.63. The molecule has 0 aromatic rings. The van der Waals surface area contributed by atoms with Gasteiger partial charge in [-0.05, 0) is 50.4 Å². The van der Waals surface area contributed by atoms with Gasteiger partial charge in [0.15, 0.2) is 0 Å². The summed E-state index contributed by atoms with van der Waals surface area (Å²) in [6.45, 7) is 10.2. The second-order valence-corrected chi connectivity index (χ2v) is 8.68. The first-order valence-corrected chi connectivity index (χ1v) is 9.80. The summed E-state index contributed by atoms with van der Waals surface area (Å²) >= 11 is 0. The lowest BCUT2D eigenvalue weighted by molar-refractivity contribution is -0.123. The molecule has 0 radical (unpaired) electrons. The predicted molar refractivity (Wildman–Crippen MR) is 94.3 cm³/mol. The number of hydrogen-bond donors (Lipinski definition) is 2. The van der Waals surface area contributed by atoms with E-state index in [1.54, 1.807) is 0 Å². The molecule has 132 valence electrons. The minimum atomic E-state index is 0.0461. The molecule has 4 heteroatoms. The smallest absolute Gasteiger partial charge is 0.237 e. The zero-order valence-electron chi connectivity index (χ0n) is 15.2. The Labute approximate surface area is 141 Å². The number of nitrogens with zero attached hydrogens (tertiary/aromatic N) is 1. The van der Waals surface area contributed by atoms with Gasteiger partial charge >= 0.3 is 0 Å². The average Bonchev–Trinajstić information content (AvgIpc) is 2.89.